The summed E-state index contributed by atoms with van der Waals surface area (Å²) in [6.45, 7) is 3.89. The molecule has 0 radical (unpaired) electrons. The Bertz CT molecular complexity index is 497. The third kappa shape index (κ3) is 6.67. The van der Waals surface area contributed by atoms with E-state index < -0.39 is 0 Å². The van der Waals surface area contributed by atoms with Gasteiger partial charge in [-0.25, -0.2) is 4.99 Å². The van der Waals surface area contributed by atoms with Crippen LogP contribution >= 0.6 is 0 Å². The summed E-state index contributed by atoms with van der Waals surface area (Å²) >= 11 is 0. The van der Waals surface area contributed by atoms with Crippen molar-refractivity contribution >= 4 is 11.9 Å². The summed E-state index contributed by atoms with van der Waals surface area (Å²) in [7, 11) is 0. The van der Waals surface area contributed by atoms with Crippen LogP contribution in [0.1, 0.15) is 44.7 Å². The fourth-order valence-corrected chi connectivity index (χ4v) is 2.66. The normalized spacial score (nSPS) is 15.4. The standard InChI is InChI=1S/C17H27N5O/c1-2-18-17(21-13-15-9-5-6-11-19-15)20-12-10-16(23)22-14-7-3-4-8-14/h5-6,9,11,14H,2-4,7-8,10,12-13H2,1H3,(H,22,23)(H2,18,20,21). The van der Waals surface area contributed by atoms with Gasteiger partial charge in [-0.2, -0.15) is 0 Å². The van der Waals surface area contributed by atoms with E-state index in [9.17, 15) is 4.79 Å². The van der Waals surface area contributed by atoms with Crippen molar-refractivity contribution in [2.45, 2.75) is 51.6 Å². The number of nitrogens with zero attached hydrogens (tertiary/aromatic N) is 2. The van der Waals surface area contributed by atoms with Crippen LogP contribution in [0.3, 0.4) is 0 Å². The molecule has 2 rings (SSSR count). The van der Waals surface area contributed by atoms with Gasteiger partial charge in [0.15, 0.2) is 5.96 Å². The van der Waals surface area contributed by atoms with Crippen molar-refractivity contribution in [3.8, 4) is 0 Å². The number of pyridine rings is 1. The molecule has 126 valence electrons. The first-order valence-corrected chi connectivity index (χ1v) is 8.49. The van der Waals surface area contributed by atoms with Gasteiger partial charge in [0.2, 0.25) is 5.91 Å². The van der Waals surface area contributed by atoms with Gasteiger partial charge in [0, 0.05) is 31.7 Å². The van der Waals surface area contributed by atoms with Gasteiger partial charge in [-0.1, -0.05) is 18.9 Å². The highest BCUT2D eigenvalue weighted by Crippen LogP contribution is 2.17. The lowest BCUT2D eigenvalue weighted by Gasteiger charge is -2.13. The van der Waals surface area contributed by atoms with Crippen LogP contribution in [-0.2, 0) is 11.3 Å². The number of hydrogen-bond donors (Lipinski definition) is 3. The quantitative estimate of drug-likeness (QED) is 0.527. The van der Waals surface area contributed by atoms with E-state index in [1.807, 2.05) is 25.1 Å². The van der Waals surface area contributed by atoms with E-state index >= 15 is 0 Å². The van der Waals surface area contributed by atoms with Gasteiger partial charge < -0.3 is 16.0 Å². The molecule has 0 bridgehead atoms. The molecule has 1 fully saturated rings. The molecule has 1 aromatic rings. The Hall–Kier alpha value is -2.11. The molecule has 0 saturated heterocycles. The van der Waals surface area contributed by atoms with Crippen LogP contribution in [0.25, 0.3) is 0 Å². The molecule has 1 aliphatic rings. The summed E-state index contributed by atoms with van der Waals surface area (Å²) in [4.78, 5) is 20.6. The molecule has 1 aliphatic carbocycles. The van der Waals surface area contributed by atoms with Crippen LogP contribution in [0.5, 0.6) is 0 Å². The Balaban J connectivity index is 1.72. The molecule has 1 saturated carbocycles. The van der Waals surface area contributed by atoms with Crippen molar-refractivity contribution in [3.63, 3.8) is 0 Å². The molecule has 23 heavy (non-hydrogen) atoms. The monoisotopic (exact) mass is 317 g/mol. The van der Waals surface area contributed by atoms with Crippen molar-refractivity contribution < 1.29 is 4.79 Å². The number of carbonyl (C=O) groups excluding carboxylic acids is 1. The highest BCUT2D eigenvalue weighted by Gasteiger charge is 2.16. The number of guanidine groups is 1. The maximum Gasteiger partial charge on any atom is 0.221 e. The molecule has 0 aromatic carbocycles. The molecule has 1 aromatic heterocycles. The minimum absolute atomic E-state index is 0.116. The first-order valence-electron chi connectivity index (χ1n) is 8.49. The third-order valence-corrected chi connectivity index (χ3v) is 3.83. The van der Waals surface area contributed by atoms with Crippen LogP contribution in [0.15, 0.2) is 29.4 Å². The fraction of sp³-hybridized carbons (Fsp3) is 0.588. The van der Waals surface area contributed by atoms with E-state index in [2.05, 4.69) is 25.9 Å². The average molecular weight is 317 g/mol. The molecule has 0 spiro atoms. The molecular formula is C17H27N5O. The van der Waals surface area contributed by atoms with Gasteiger partial charge in [0.25, 0.3) is 0 Å². The molecule has 6 nitrogen and oxygen atoms in total. The number of hydrogen-bond acceptors (Lipinski definition) is 3. The zero-order valence-corrected chi connectivity index (χ0v) is 13.8. The van der Waals surface area contributed by atoms with E-state index in [0.29, 0.717) is 31.5 Å². The van der Waals surface area contributed by atoms with Crippen LogP contribution in [-0.4, -0.2) is 36.0 Å². The molecule has 0 aliphatic heterocycles. The van der Waals surface area contributed by atoms with Crippen LogP contribution in [0.2, 0.25) is 0 Å². The van der Waals surface area contributed by atoms with Crippen molar-refractivity contribution in [1.82, 2.24) is 20.9 Å². The SMILES string of the molecule is CCNC(=NCc1ccccn1)NCCC(=O)NC1CCCC1. The zero-order chi connectivity index (χ0) is 16.3. The van der Waals surface area contributed by atoms with Crippen LogP contribution < -0.4 is 16.0 Å². The predicted octanol–water partition coefficient (Wildman–Crippen LogP) is 1.59. The molecule has 0 atom stereocenters. The average Bonchev–Trinajstić information content (AvgIpc) is 3.06. The van der Waals surface area contributed by atoms with Gasteiger partial charge in [0.1, 0.15) is 0 Å². The maximum atomic E-state index is 11.9. The number of nitrogens with one attached hydrogen (secondary N) is 3. The predicted molar refractivity (Wildman–Crippen MR) is 92.1 cm³/mol. The van der Waals surface area contributed by atoms with E-state index in [-0.39, 0.29) is 5.91 Å². The van der Waals surface area contributed by atoms with Crippen molar-refractivity contribution in [3.05, 3.63) is 30.1 Å². The van der Waals surface area contributed by atoms with E-state index in [0.717, 1.165) is 25.1 Å². The number of aromatic nitrogens is 1. The fourth-order valence-electron chi connectivity index (χ4n) is 2.66. The highest BCUT2D eigenvalue weighted by molar-refractivity contribution is 5.81. The molecule has 3 N–H and O–H groups in total. The maximum absolute atomic E-state index is 11.9. The van der Waals surface area contributed by atoms with Crippen molar-refractivity contribution in [2.75, 3.05) is 13.1 Å². The van der Waals surface area contributed by atoms with Crippen LogP contribution in [0.4, 0.5) is 0 Å². The van der Waals surface area contributed by atoms with E-state index in [4.69, 9.17) is 0 Å². The number of rotatable bonds is 7. The number of carbonyl (C=O) groups is 1. The third-order valence-electron chi connectivity index (χ3n) is 3.83. The van der Waals surface area contributed by atoms with E-state index in [1.165, 1.54) is 12.8 Å². The van der Waals surface area contributed by atoms with Gasteiger partial charge in [0.05, 0.1) is 12.2 Å². The number of aliphatic imine (C=N–C) groups is 1. The van der Waals surface area contributed by atoms with Crippen molar-refractivity contribution in [2.24, 2.45) is 4.99 Å². The summed E-state index contributed by atoms with van der Waals surface area (Å²) in [6.07, 6.45) is 6.92. The molecule has 1 amide bonds. The Kier molecular flexibility index (Phi) is 7.36. The minimum Gasteiger partial charge on any atom is -0.357 e. The first-order chi connectivity index (χ1) is 11.3. The van der Waals surface area contributed by atoms with Crippen molar-refractivity contribution in [1.29, 1.82) is 0 Å². The molecule has 6 heteroatoms. The smallest absolute Gasteiger partial charge is 0.221 e. The zero-order valence-electron chi connectivity index (χ0n) is 13.8. The second-order valence-corrected chi connectivity index (χ2v) is 5.74. The summed E-state index contributed by atoms with van der Waals surface area (Å²) in [5, 5.41) is 9.47. The molecular weight excluding hydrogens is 290 g/mol. The van der Waals surface area contributed by atoms with Gasteiger partial charge in [-0.3, -0.25) is 9.78 Å². The lowest BCUT2D eigenvalue weighted by Crippen LogP contribution is -2.40. The summed E-state index contributed by atoms with van der Waals surface area (Å²) in [5.41, 5.74) is 0.920. The second-order valence-electron chi connectivity index (χ2n) is 5.74. The van der Waals surface area contributed by atoms with Gasteiger partial charge >= 0.3 is 0 Å². The molecule has 1 heterocycles. The molecule has 0 unspecified atom stereocenters. The first kappa shape index (κ1) is 17.2. The lowest BCUT2D eigenvalue weighted by molar-refractivity contribution is -0.121. The van der Waals surface area contributed by atoms with Crippen LogP contribution in [0, 0.1) is 0 Å². The summed E-state index contributed by atoms with van der Waals surface area (Å²) in [5.74, 6) is 0.830. The van der Waals surface area contributed by atoms with E-state index in [1.54, 1.807) is 6.20 Å². The summed E-state index contributed by atoms with van der Waals surface area (Å²) < 4.78 is 0. The van der Waals surface area contributed by atoms with Gasteiger partial charge in [-0.15, -0.1) is 0 Å². The highest BCUT2D eigenvalue weighted by atomic mass is 16.1. The summed E-state index contributed by atoms with van der Waals surface area (Å²) in [6, 6.07) is 6.17. The van der Waals surface area contributed by atoms with Gasteiger partial charge in [-0.05, 0) is 31.9 Å². The lowest BCUT2D eigenvalue weighted by atomic mass is 10.2. The second kappa shape index (κ2) is 9.82. The Labute approximate surface area is 138 Å². The topological polar surface area (TPSA) is 78.4 Å². The largest absolute Gasteiger partial charge is 0.357 e. The Morgan fingerprint density at radius 3 is 2.83 bits per heavy atom. The Morgan fingerprint density at radius 1 is 1.30 bits per heavy atom. The Morgan fingerprint density at radius 2 is 2.13 bits per heavy atom. The minimum atomic E-state index is 0.116. The number of amides is 1.